The number of hydrogen-bond acceptors (Lipinski definition) is 3. The summed E-state index contributed by atoms with van der Waals surface area (Å²) in [7, 11) is 0. The first-order valence-electron chi connectivity index (χ1n) is 1.68. The van der Waals surface area contributed by atoms with Gasteiger partial charge in [0.2, 0.25) is 0 Å². The van der Waals surface area contributed by atoms with E-state index in [0.717, 1.165) is 0 Å². The quantitative estimate of drug-likeness (QED) is 0.431. The van der Waals surface area contributed by atoms with Crippen molar-refractivity contribution in [2.75, 3.05) is 0 Å². The van der Waals surface area contributed by atoms with Crippen LogP contribution in [0.3, 0.4) is 0 Å². The second-order valence-electron chi connectivity index (χ2n) is 1.00. The van der Waals surface area contributed by atoms with Gasteiger partial charge in [0, 0.05) is 6.47 Å². The molecule has 8 heavy (non-hydrogen) atoms. The number of hydrogen-bond donors (Lipinski definition) is 1. The average Bonchev–Trinajstić information content (AvgIpc) is 1.33. The van der Waals surface area contributed by atoms with E-state index in [0.29, 0.717) is 0 Å². The molecular weight excluding hydrogens is 110 g/mol. The maximum absolute atomic E-state index is 9.44. The first kappa shape index (κ1) is 15.7. The molecule has 0 aliphatic carbocycles. The molecular formula is C4H11NO3. The highest BCUT2D eigenvalue weighted by atomic mass is 16.3. The highest BCUT2D eigenvalue weighted by Gasteiger charge is 1.62. The lowest BCUT2D eigenvalue weighted by atomic mass is 10.6. The van der Waals surface area contributed by atoms with Crippen LogP contribution in [0.25, 0.3) is 0 Å². The molecule has 0 aromatic carbocycles. The summed E-state index contributed by atoms with van der Waals surface area (Å²) in [6.45, 7) is 2.56. The zero-order valence-corrected chi connectivity index (χ0v) is 5.30. The van der Waals surface area contributed by atoms with E-state index >= 15 is 0 Å². The lowest BCUT2D eigenvalue weighted by Crippen LogP contribution is -2.01. The smallest absolute Gasteiger partial charge is 0.126 e. The molecule has 0 aliphatic heterocycles. The Hall–Kier alpha value is -0.900. The highest BCUT2D eigenvalue weighted by Crippen LogP contribution is 1.50. The van der Waals surface area contributed by atoms with Gasteiger partial charge >= 0.3 is 0 Å². The zero-order valence-electron chi connectivity index (χ0n) is 5.30. The van der Waals surface area contributed by atoms with Gasteiger partial charge in [-0.3, -0.25) is 0 Å². The van der Waals surface area contributed by atoms with Crippen molar-refractivity contribution in [1.82, 2.24) is 6.15 Å². The zero-order chi connectivity index (χ0) is 6.28. The molecule has 0 saturated heterocycles. The van der Waals surface area contributed by atoms with Crippen molar-refractivity contribution in [3.63, 3.8) is 0 Å². The minimum atomic E-state index is -0.500. The molecule has 0 unspecified atom stereocenters. The van der Waals surface area contributed by atoms with Gasteiger partial charge in [0.05, 0.1) is 0 Å². The van der Waals surface area contributed by atoms with Crippen molar-refractivity contribution in [3.05, 3.63) is 0 Å². The molecule has 4 heteroatoms. The fourth-order valence-electron chi connectivity index (χ4n) is 0. The molecule has 4 nitrogen and oxygen atoms in total. The van der Waals surface area contributed by atoms with E-state index in [2.05, 4.69) is 0 Å². The summed E-state index contributed by atoms with van der Waals surface area (Å²) in [6.07, 6.45) is 0. The van der Waals surface area contributed by atoms with Crippen LogP contribution in [0.2, 0.25) is 0 Å². The van der Waals surface area contributed by atoms with Gasteiger partial charge < -0.3 is 20.8 Å². The van der Waals surface area contributed by atoms with Crippen LogP contribution in [-0.4, -0.2) is 12.3 Å². The van der Waals surface area contributed by atoms with Gasteiger partial charge in [-0.05, 0) is 13.8 Å². The topological polar surface area (TPSA) is 93.7 Å². The lowest BCUT2D eigenvalue weighted by molar-refractivity contribution is -0.283. The summed E-state index contributed by atoms with van der Waals surface area (Å²) in [4.78, 5) is 17.7. The molecule has 0 spiro atoms. The fourth-order valence-corrected chi connectivity index (χ4v) is 0. The molecule has 0 atom stereocenters. The molecule has 0 aromatic rings. The second-order valence-corrected chi connectivity index (χ2v) is 1.00. The average molecular weight is 121 g/mol. The Kier molecular flexibility index (Phi) is 32.4. The molecule has 0 aliphatic rings. The summed E-state index contributed by atoms with van der Waals surface area (Å²) >= 11 is 0. The van der Waals surface area contributed by atoms with E-state index in [9.17, 15) is 4.79 Å². The number of carboxylic acid groups (broad SMARTS) is 1. The minimum Gasteiger partial charge on any atom is -0.554 e. The second kappa shape index (κ2) is 16.5. The summed E-state index contributed by atoms with van der Waals surface area (Å²) in [5.74, 6) is 0.167. The Balaban J connectivity index is -0.0000000575. The number of carbonyl (C=O) groups is 2. The van der Waals surface area contributed by atoms with Crippen molar-refractivity contribution < 1.29 is 14.7 Å². The Morgan fingerprint density at radius 2 is 1.50 bits per heavy atom. The molecule has 0 amide bonds. The summed E-state index contributed by atoms with van der Waals surface area (Å²) in [5, 5.41) is 8.25. The van der Waals surface area contributed by atoms with E-state index in [-0.39, 0.29) is 11.9 Å². The predicted molar refractivity (Wildman–Crippen MR) is 28.4 cm³/mol. The van der Waals surface area contributed by atoms with Crippen LogP contribution in [-0.2, 0) is 9.59 Å². The van der Waals surface area contributed by atoms with Crippen molar-refractivity contribution in [3.8, 4) is 0 Å². The first-order valence-corrected chi connectivity index (χ1v) is 1.68. The molecule has 0 fully saturated rings. The molecule has 0 saturated carbocycles. The van der Waals surface area contributed by atoms with E-state index in [4.69, 9.17) is 9.90 Å². The Bertz CT molecular complexity index is 58.3. The Morgan fingerprint density at radius 3 is 1.50 bits per heavy atom. The van der Waals surface area contributed by atoms with Gasteiger partial charge in [0.25, 0.3) is 0 Å². The normalized spacial score (nSPS) is 4.75. The first-order chi connectivity index (χ1) is 3.15. The molecule has 0 aromatic heterocycles. The third kappa shape index (κ3) is 106. The molecule has 0 bridgehead atoms. The monoisotopic (exact) mass is 121 g/mol. The van der Waals surface area contributed by atoms with Gasteiger partial charge in [-0.1, -0.05) is 0 Å². The predicted octanol–water partition coefficient (Wildman–Crippen LogP) is -0.662. The van der Waals surface area contributed by atoms with Gasteiger partial charge in [0.1, 0.15) is 5.78 Å². The highest BCUT2D eigenvalue weighted by molar-refractivity contribution is 5.72. The maximum atomic E-state index is 9.44. The number of ketones is 1. The molecule has 0 heterocycles. The van der Waals surface area contributed by atoms with Gasteiger partial charge in [0.15, 0.2) is 0 Å². The number of quaternary nitrogens is 1. The van der Waals surface area contributed by atoms with Crippen LogP contribution in [0.5, 0.6) is 0 Å². The molecule has 4 N–H and O–H groups in total. The van der Waals surface area contributed by atoms with Crippen molar-refractivity contribution >= 4 is 12.3 Å². The van der Waals surface area contributed by atoms with Crippen LogP contribution < -0.4 is 11.3 Å². The van der Waals surface area contributed by atoms with E-state index in [1.165, 1.54) is 13.8 Å². The van der Waals surface area contributed by atoms with Gasteiger partial charge in [-0.25, -0.2) is 0 Å². The summed E-state index contributed by atoms with van der Waals surface area (Å²) in [5.41, 5.74) is 0. The van der Waals surface area contributed by atoms with E-state index < -0.39 is 6.47 Å². The van der Waals surface area contributed by atoms with Gasteiger partial charge in [-0.2, -0.15) is 0 Å². The van der Waals surface area contributed by atoms with E-state index in [1.807, 2.05) is 0 Å². The lowest BCUT2D eigenvalue weighted by Gasteiger charge is -1.56. The Labute approximate surface area is 48.1 Å². The third-order valence-electron chi connectivity index (χ3n) is 0. The van der Waals surface area contributed by atoms with Crippen LogP contribution in [0, 0.1) is 0 Å². The summed E-state index contributed by atoms with van der Waals surface area (Å²) < 4.78 is 0. The van der Waals surface area contributed by atoms with Crippen molar-refractivity contribution in [2.45, 2.75) is 13.8 Å². The number of rotatable bonds is 0. The fraction of sp³-hybridized carbons (Fsp3) is 0.500. The van der Waals surface area contributed by atoms with Crippen LogP contribution in [0.4, 0.5) is 0 Å². The van der Waals surface area contributed by atoms with Crippen LogP contribution >= 0.6 is 0 Å². The molecule has 0 rings (SSSR count). The van der Waals surface area contributed by atoms with Crippen LogP contribution in [0.1, 0.15) is 13.8 Å². The van der Waals surface area contributed by atoms with Gasteiger partial charge in [-0.15, -0.1) is 0 Å². The third-order valence-corrected chi connectivity index (χ3v) is 0. The number of carbonyl (C=O) groups excluding carboxylic acids is 2. The van der Waals surface area contributed by atoms with Crippen molar-refractivity contribution in [2.24, 2.45) is 0 Å². The Morgan fingerprint density at radius 1 is 1.50 bits per heavy atom. The number of Topliss-reactive ketones (excluding diaryl/α,β-unsaturated/α-hetero) is 1. The van der Waals surface area contributed by atoms with Crippen LogP contribution in [0.15, 0.2) is 0 Å². The summed E-state index contributed by atoms with van der Waals surface area (Å²) in [6, 6.07) is 0. The van der Waals surface area contributed by atoms with E-state index in [1.54, 1.807) is 0 Å². The maximum Gasteiger partial charge on any atom is 0.126 e. The van der Waals surface area contributed by atoms with Crippen molar-refractivity contribution in [1.29, 1.82) is 0 Å². The minimum absolute atomic E-state index is 0. The SMILES string of the molecule is CC(C)=O.O=C[O-].[NH4+]. The molecule has 0 radical (unpaired) electrons. The largest absolute Gasteiger partial charge is 0.554 e. The standard InChI is InChI=1S/C3H6O.CH2O2.H3N/c1-3(2)4;2-1-3;/h1-2H3;1H,(H,2,3);1H3. The molecule has 50 valence electrons.